The molecule has 6 heteroatoms. The Kier molecular flexibility index (Phi) is 3.41. The van der Waals surface area contributed by atoms with Gasteiger partial charge in [0.05, 0.1) is 5.69 Å². The predicted molar refractivity (Wildman–Crippen MR) is 72.6 cm³/mol. The SMILES string of the molecule is O=c1ccn(-c2cc(Br)ccc2Br)c(=S)[nH]1. The summed E-state index contributed by atoms with van der Waals surface area (Å²) >= 11 is 11.9. The molecule has 3 nitrogen and oxygen atoms in total. The van der Waals surface area contributed by atoms with Crippen molar-refractivity contribution in [3.8, 4) is 5.69 Å². The first-order valence-corrected chi connectivity index (χ1v) is 6.35. The third-order valence-corrected chi connectivity index (χ3v) is 3.45. The third kappa shape index (κ3) is 2.34. The van der Waals surface area contributed by atoms with Crippen LogP contribution in [-0.2, 0) is 0 Å². The fourth-order valence-corrected chi connectivity index (χ4v) is 2.32. The van der Waals surface area contributed by atoms with Gasteiger partial charge in [-0.05, 0) is 46.3 Å². The van der Waals surface area contributed by atoms with Crippen LogP contribution < -0.4 is 5.56 Å². The topological polar surface area (TPSA) is 37.8 Å². The highest BCUT2D eigenvalue weighted by atomic mass is 79.9. The highest BCUT2D eigenvalue weighted by Crippen LogP contribution is 2.24. The Balaban J connectivity index is 2.72. The molecule has 0 saturated carbocycles. The van der Waals surface area contributed by atoms with Gasteiger partial charge in [-0.1, -0.05) is 15.9 Å². The second-order valence-corrected chi connectivity index (χ2v) is 5.23. The van der Waals surface area contributed by atoms with Crippen molar-refractivity contribution in [2.45, 2.75) is 0 Å². The molecule has 0 radical (unpaired) electrons. The van der Waals surface area contributed by atoms with Crippen LogP contribution in [0.1, 0.15) is 0 Å². The van der Waals surface area contributed by atoms with E-state index in [0.29, 0.717) is 4.77 Å². The zero-order valence-corrected chi connectivity index (χ0v) is 11.9. The van der Waals surface area contributed by atoms with Crippen molar-refractivity contribution in [1.82, 2.24) is 9.55 Å². The van der Waals surface area contributed by atoms with E-state index >= 15 is 0 Å². The second-order valence-electron chi connectivity index (χ2n) is 3.08. The summed E-state index contributed by atoms with van der Waals surface area (Å²) in [5, 5.41) is 0. The Morgan fingerprint density at radius 3 is 2.69 bits per heavy atom. The van der Waals surface area contributed by atoms with Crippen LogP contribution in [0.15, 0.2) is 44.2 Å². The van der Waals surface area contributed by atoms with E-state index in [0.717, 1.165) is 14.6 Å². The number of hydrogen-bond acceptors (Lipinski definition) is 2. The van der Waals surface area contributed by atoms with Crippen LogP contribution in [0.2, 0.25) is 0 Å². The largest absolute Gasteiger partial charge is 0.299 e. The summed E-state index contributed by atoms with van der Waals surface area (Å²) in [6.07, 6.45) is 1.65. The maximum absolute atomic E-state index is 11.1. The highest BCUT2D eigenvalue weighted by Gasteiger charge is 2.03. The lowest BCUT2D eigenvalue weighted by atomic mass is 10.3. The van der Waals surface area contributed by atoms with E-state index in [2.05, 4.69) is 36.8 Å². The van der Waals surface area contributed by atoms with Crippen molar-refractivity contribution in [1.29, 1.82) is 0 Å². The Morgan fingerprint density at radius 2 is 2.00 bits per heavy atom. The summed E-state index contributed by atoms with van der Waals surface area (Å²) in [6, 6.07) is 7.18. The van der Waals surface area contributed by atoms with E-state index in [4.69, 9.17) is 12.2 Å². The average Bonchev–Trinajstić information content (AvgIpc) is 2.22. The van der Waals surface area contributed by atoms with E-state index in [1.54, 1.807) is 10.8 Å². The van der Waals surface area contributed by atoms with Crippen LogP contribution in [0, 0.1) is 4.77 Å². The van der Waals surface area contributed by atoms with Crippen LogP contribution >= 0.6 is 44.1 Å². The molecule has 1 aromatic carbocycles. The number of nitrogens with zero attached hydrogens (tertiary/aromatic N) is 1. The zero-order valence-electron chi connectivity index (χ0n) is 7.91. The van der Waals surface area contributed by atoms with Crippen molar-refractivity contribution in [3.63, 3.8) is 0 Å². The molecule has 82 valence electrons. The first-order chi connectivity index (χ1) is 7.58. The number of H-pyrrole nitrogens is 1. The molecule has 0 amide bonds. The second kappa shape index (κ2) is 4.65. The maximum Gasteiger partial charge on any atom is 0.251 e. The Hall–Kier alpha value is -0.720. The number of hydrogen-bond donors (Lipinski definition) is 1. The van der Waals surface area contributed by atoms with Crippen molar-refractivity contribution in [2.24, 2.45) is 0 Å². The van der Waals surface area contributed by atoms with Gasteiger partial charge in [-0.15, -0.1) is 0 Å². The van der Waals surface area contributed by atoms with Gasteiger partial charge in [0.15, 0.2) is 4.77 Å². The quantitative estimate of drug-likeness (QED) is 0.790. The van der Waals surface area contributed by atoms with E-state index in [1.165, 1.54) is 6.07 Å². The van der Waals surface area contributed by atoms with Gasteiger partial charge in [0.25, 0.3) is 5.56 Å². The van der Waals surface area contributed by atoms with Crippen molar-refractivity contribution >= 4 is 44.1 Å². The van der Waals surface area contributed by atoms with Gasteiger partial charge >= 0.3 is 0 Å². The summed E-state index contributed by atoms with van der Waals surface area (Å²) in [7, 11) is 0. The lowest BCUT2D eigenvalue weighted by molar-refractivity contribution is 0.932. The molecule has 0 bridgehead atoms. The number of aromatic amines is 1. The number of aromatic nitrogens is 2. The first kappa shape index (κ1) is 11.8. The summed E-state index contributed by atoms with van der Waals surface area (Å²) in [5.74, 6) is 0. The normalized spacial score (nSPS) is 10.4. The lowest BCUT2D eigenvalue weighted by Crippen LogP contribution is -2.10. The fourth-order valence-electron chi connectivity index (χ4n) is 1.28. The van der Waals surface area contributed by atoms with Crippen molar-refractivity contribution in [3.05, 3.63) is 54.5 Å². The van der Waals surface area contributed by atoms with Crippen LogP contribution in [0.3, 0.4) is 0 Å². The van der Waals surface area contributed by atoms with Crippen molar-refractivity contribution < 1.29 is 0 Å². The first-order valence-electron chi connectivity index (χ1n) is 4.35. The highest BCUT2D eigenvalue weighted by molar-refractivity contribution is 9.11. The minimum atomic E-state index is -0.202. The molecule has 2 aromatic rings. The van der Waals surface area contributed by atoms with Crippen LogP contribution in [0.4, 0.5) is 0 Å². The Labute approximate surface area is 113 Å². The summed E-state index contributed by atoms with van der Waals surface area (Å²) in [4.78, 5) is 13.6. The lowest BCUT2D eigenvalue weighted by Gasteiger charge is -2.08. The minimum Gasteiger partial charge on any atom is -0.299 e. The monoisotopic (exact) mass is 360 g/mol. The standard InChI is InChI=1S/C10H6Br2N2OS/c11-6-1-2-7(12)8(5-6)14-4-3-9(15)13-10(14)16/h1-5H,(H,13,15,16). The molecule has 0 saturated heterocycles. The number of benzene rings is 1. The van der Waals surface area contributed by atoms with Crippen LogP contribution in [-0.4, -0.2) is 9.55 Å². The summed E-state index contributed by atoms with van der Waals surface area (Å²) in [6.45, 7) is 0. The van der Waals surface area contributed by atoms with Gasteiger partial charge in [-0.3, -0.25) is 14.3 Å². The predicted octanol–water partition coefficient (Wildman–Crippen LogP) is 3.42. The fraction of sp³-hybridized carbons (Fsp3) is 0. The van der Waals surface area contributed by atoms with Crippen LogP contribution in [0.25, 0.3) is 5.69 Å². The molecule has 1 heterocycles. The molecule has 0 fully saturated rings. The smallest absolute Gasteiger partial charge is 0.251 e. The van der Waals surface area contributed by atoms with Gasteiger partial charge in [0.2, 0.25) is 0 Å². The van der Waals surface area contributed by atoms with E-state index in [-0.39, 0.29) is 5.56 Å². The molecular formula is C10H6Br2N2OS. The molecule has 0 aliphatic heterocycles. The number of rotatable bonds is 1. The molecule has 1 N–H and O–H groups in total. The van der Waals surface area contributed by atoms with Gasteiger partial charge in [-0.2, -0.15) is 0 Å². The van der Waals surface area contributed by atoms with Crippen LogP contribution in [0.5, 0.6) is 0 Å². The van der Waals surface area contributed by atoms with Gasteiger partial charge in [0, 0.05) is 21.2 Å². The third-order valence-electron chi connectivity index (χ3n) is 1.99. The molecule has 0 aliphatic carbocycles. The van der Waals surface area contributed by atoms with Crippen molar-refractivity contribution in [2.75, 3.05) is 0 Å². The molecule has 0 spiro atoms. The molecule has 0 aliphatic rings. The van der Waals surface area contributed by atoms with Gasteiger partial charge in [-0.25, -0.2) is 0 Å². The molecule has 1 aromatic heterocycles. The van der Waals surface area contributed by atoms with Gasteiger partial charge in [0.1, 0.15) is 0 Å². The molecule has 16 heavy (non-hydrogen) atoms. The maximum atomic E-state index is 11.1. The number of halogens is 2. The van der Waals surface area contributed by atoms with E-state index in [1.807, 2.05) is 18.2 Å². The zero-order chi connectivity index (χ0) is 11.7. The average molecular weight is 362 g/mol. The summed E-state index contributed by atoms with van der Waals surface area (Å²) < 4.78 is 3.94. The van der Waals surface area contributed by atoms with E-state index in [9.17, 15) is 4.79 Å². The minimum absolute atomic E-state index is 0.202. The van der Waals surface area contributed by atoms with Gasteiger partial charge < -0.3 is 0 Å². The molecule has 2 rings (SSSR count). The molecular weight excluding hydrogens is 356 g/mol. The number of nitrogens with one attached hydrogen (secondary N) is 1. The Bertz CT molecular complexity index is 648. The molecule has 0 atom stereocenters. The Morgan fingerprint density at radius 1 is 1.25 bits per heavy atom. The molecule has 0 unspecified atom stereocenters. The van der Waals surface area contributed by atoms with E-state index < -0.39 is 0 Å². The summed E-state index contributed by atoms with van der Waals surface area (Å²) in [5.41, 5.74) is 0.669.